The predicted molar refractivity (Wildman–Crippen MR) is 83.5 cm³/mol. The van der Waals surface area contributed by atoms with Crippen LogP contribution in [0.15, 0.2) is 45.5 Å². The SMILES string of the molecule is CN(CC(=O)Nc1ccc(Cl)cc1)C(=O)c1ccc(Br)o1. The molecule has 5 nitrogen and oxygen atoms in total. The Morgan fingerprint density at radius 3 is 2.48 bits per heavy atom. The summed E-state index contributed by atoms with van der Waals surface area (Å²) >= 11 is 8.89. The van der Waals surface area contributed by atoms with E-state index in [1.54, 1.807) is 36.4 Å². The number of hydrogen-bond donors (Lipinski definition) is 1. The molecule has 0 saturated heterocycles. The number of nitrogens with one attached hydrogen (secondary N) is 1. The fourth-order valence-corrected chi connectivity index (χ4v) is 2.07. The predicted octanol–water partition coefficient (Wildman–Crippen LogP) is 3.41. The molecule has 0 aliphatic carbocycles. The molecule has 1 heterocycles. The van der Waals surface area contributed by atoms with Gasteiger partial charge in [0.2, 0.25) is 5.91 Å². The Morgan fingerprint density at radius 2 is 1.90 bits per heavy atom. The summed E-state index contributed by atoms with van der Waals surface area (Å²) in [7, 11) is 1.53. The Balaban J connectivity index is 1.92. The van der Waals surface area contributed by atoms with E-state index >= 15 is 0 Å². The van der Waals surface area contributed by atoms with Crippen molar-refractivity contribution in [3.63, 3.8) is 0 Å². The Bertz CT molecular complexity index is 654. The zero-order chi connectivity index (χ0) is 15.4. The van der Waals surface area contributed by atoms with Crippen LogP contribution >= 0.6 is 27.5 Å². The van der Waals surface area contributed by atoms with E-state index in [1.807, 2.05) is 0 Å². The second-order valence-electron chi connectivity index (χ2n) is 4.32. The lowest BCUT2D eigenvalue weighted by molar-refractivity contribution is -0.116. The summed E-state index contributed by atoms with van der Waals surface area (Å²) in [5, 5.41) is 3.27. The first-order chi connectivity index (χ1) is 9.95. The fraction of sp³-hybridized carbons (Fsp3) is 0.143. The number of carbonyl (C=O) groups excluding carboxylic acids is 2. The number of likely N-dealkylation sites (N-methyl/N-ethyl adjacent to an activating group) is 1. The van der Waals surface area contributed by atoms with Crippen molar-refractivity contribution in [1.82, 2.24) is 4.90 Å². The van der Waals surface area contributed by atoms with Crippen molar-refractivity contribution in [2.45, 2.75) is 0 Å². The first-order valence-electron chi connectivity index (χ1n) is 6.02. The second kappa shape index (κ2) is 6.78. The van der Waals surface area contributed by atoms with Crippen LogP contribution in [0.25, 0.3) is 0 Å². The zero-order valence-electron chi connectivity index (χ0n) is 11.1. The van der Waals surface area contributed by atoms with E-state index in [2.05, 4.69) is 21.2 Å². The molecule has 0 atom stereocenters. The van der Waals surface area contributed by atoms with E-state index in [0.29, 0.717) is 15.4 Å². The van der Waals surface area contributed by atoms with Gasteiger partial charge in [0.1, 0.15) is 0 Å². The average Bonchev–Trinajstić information content (AvgIpc) is 2.87. The van der Waals surface area contributed by atoms with Crippen LogP contribution in [0.5, 0.6) is 0 Å². The normalized spacial score (nSPS) is 10.2. The molecule has 0 fully saturated rings. The molecule has 0 spiro atoms. The van der Waals surface area contributed by atoms with Crippen LogP contribution in [-0.2, 0) is 4.79 Å². The highest BCUT2D eigenvalue weighted by molar-refractivity contribution is 9.10. The molecule has 2 aromatic rings. The van der Waals surface area contributed by atoms with Gasteiger partial charge in [-0.15, -0.1) is 0 Å². The van der Waals surface area contributed by atoms with E-state index in [9.17, 15) is 9.59 Å². The van der Waals surface area contributed by atoms with Crippen molar-refractivity contribution in [3.8, 4) is 0 Å². The summed E-state index contributed by atoms with van der Waals surface area (Å²) in [4.78, 5) is 25.1. The van der Waals surface area contributed by atoms with Crippen molar-refractivity contribution in [2.75, 3.05) is 18.9 Å². The van der Waals surface area contributed by atoms with Crippen LogP contribution < -0.4 is 5.32 Å². The highest BCUT2D eigenvalue weighted by Gasteiger charge is 2.18. The average molecular weight is 372 g/mol. The Hall–Kier alpha value is -1.79. The summed E-state index contributed by atoms with van der Waals surface area (Å²) in [6.45, 7) is -0.0836. The number of furan rings is 1. The number of amides is 2. The first-order valence-corrected chi connectivity index (χ1v) is 7.19. The van der Waals surface area contributed by atoms with Crippen LogP contribution in [0.4, 0.5) is 5.69 Å². The minimum absolute atomic E-state index is 0.0836. The molecule has 0 unspecified atom stereocenters. The number of rotatable bonds is 4. The topological polar surface area (TPSA) is 62.6 Å². The van der Waals surface area contributed by atoms with Crippen molar-refractivity contribution in [2.24, 2.45) is 0 Å². The third kappa shape index (κ3) is 4.34. The lowest BCUT2D eigenvalue weighted by atomic mass is 10.3. The molecule has 1 aromatic heterocycles. The van der Waals surface area contributed by atoms with Gasteiger partial charge in [-0.3, -0.25) is 9.59 Å². The maximum Gasteiger partial charge on any atom is 0.289 e. The Morgan fingerprint density at radius 1 is 1.24 bits per heavy atom. The monoisotopic (exact) mass is 370 g/mol. The Kier molecular flexibility index (Phi) is 5.03. The van der Waals surface area contributed by atoms with E-state index in [4.69, 9.17) is 16.0 Å². The van der Waals surface area contributed by atoms with Gasteiger partial charge in [-0.2, -0.15) is 0 Å². The van der Waals surface area contributed by atoms with Gasteiger partial charge in [-0.1, -0.05) is 11.6 Å². The molecule has 7 heteroatoms. The molecule has 2 rings (SSSR count). The van der Waals surface area contributed by atoms with Gasteiger partial charge in [-0.25, -0.2) is 0 Å². The lowest BCUT2D eigenvalue weighted by Crippen LogP contribution is -2.34. The van der Waals surface area contributed by atoms with E-state index in [1.165, 1.54) is 11.9 Å². The number of benzene rings is 1. The number of hydrogen-bond acceptors (Lipinski definition) is 3. The van der Waals surface area contributed by atoms with Crippen LogP contribution in [0, 0.1) is 0 Å². The molecule has 0 aliphatic rings. The molecule has 110 valence electrons. The van der Waals surface area contributed by atoms with Gasteiger partial charge in [0.25, 0.3) is 5.91 Å². The van der Waals surface area contributed by atoms with Gasteiger partial charge in [0.05, 0.1) is 6.54 Å². The second-order valence-corrected chi connectivity index (χ2v) is 5.54. The van der Waals surface area contributed by atoms with Crippen LogP contribution in [0.2, 0.25) is 5.02 Å². The summed E-state index contributed by atoms with van der Waals surface area (Å²) in [6, 6.07) is 9.88. The summed E-state index contributed by atoms with van der Waals surface area (Å²) < 4.78 is 5.62. The van der Waals surface area contributed by atoms with Gasteiger partial charge in [0.15, 0.2) is 10.4 Å². The quantitative estimate of drug-likeness (QED) is 0.896. The maximum atomic E-state index is 12.0. The number of anilines is 1. The zero-order valence-corrected chi connectivity index (χ0v) is 13.4. The summed E-state index contributed by atoms with van der Waals surface area (Å²) in [5.74, 6) is -0.505. The third-order valence-electron chi connectivity index (χ3n) is 2.64. The minimum atomic E-state index is -0.369. The molecule has 0 radical (unpaired) electrons. The molecule has 1 N–H and O–H groups in total. The lowest BCUT2D eigenvalue weighted by Gasteiger charge is -2.15. The van der Waals surface area contributed by atoms with Gasteiger partial charge < -0.3 is 14.6 Å². The molecule has 0 aliphatic heterocycles. The van der Waals surface area contributed by atoms with Crippen molar-refractivity contribution in [3.05, 3.63) is 51.9 Å². The van der Waals surface area contributed by atoms with Crippen molar-refractivity contribution < 1.29 is 14.0 Å². The van der Waals surface area contributed by atoms with Crippen molar-refractivity contribution in [1.29, 1.82) is 0 Å². The summed E-state index contributed by atoms with van der Waals surface area (Å²) in [6.07, 6.45) is 0. The molecular formula is C14H12BrClN2O3. The maximum absolute atomic E-state index is 12.0. The summed E-state index contributed by atoms with van der Waals surface area (Å²) in [5.41, 5.74) is 0.617. The van der Waals surface area contributed by atoms with Crippen LogP contribution in [0.1, 0.15) is 10.6 Å². The van der Waals surface area contributed by atoms with Gasteiger partial charge in [0, 0.05) is 17.8 Å². The number of halogens is 2. The van der Waals surface area contributed by atoms with Crippen LogP contribution in [-0.4, -0.2) is 30.3 Å². The largest absolute Gasteiger partial charge is 0.444 e. The van der Waals surface area contributed by atoms with E-state index < -0.39 is 0 Å². The van der Waals surface area contributed by atoms with Crippen LogP contribution in [0.3, 0.4) is 0 Å². The van der Waals surface area contributed by atoms with E-state index in [0.717, 1.165) is 0 Å². The molecular weight excluding hydrogens is 360 g/mol. The molecule has 0 bridgehead atoms. The minimum Gasteiger partial charge on any atom is -0.444 e. The highest BCUT2D eigenvalue weighted by Crippen LogP contribution is 2.16. The first kappa shape index (κ1) is 15.6. The molecule has 21 heavy (non-hydrogen) atoms. The molecule has 0 saturated carbocycles. The van der Waals surface area contributed by atoms with Crippen molar-refractivity contribution >= 4 is 45.0 Å². The highest BCUT2D eigenvalue weighted by atomic mass is 79.9. The third-order valence-corrected chi connectivity index (χ3v) is 3.32. The molecule has 1 aromatic carbocycles. The molecule has 2 amide bonds. The Labute approximate surface area is 135 Å². The smallest absolute Gasteiger partial charge is 0.289 e. The van der Waals surface area contributed by atoms with Gasteiger partial charge in [-0.05, 0) is 52.3 Å². The number of carbonyl (C=O) groups is 2. The van der Waals surface area contributed by atoms with Gasteiger partial charge >= 0.3 is 0 Å². The fourth-order valence-electron chi connectivity index (χ4n) is 1.64. The van der Waals surface area contributed by atoms with E-state index in [-0.39, 0.29) is 24.1 Å². The standard InChI is InChI=1S/C14H12BrClN2O3/c1-18(14(20)11-6-7-12(15)21-11)8-13(19)17-10-4-2-9(16)3-5-10/h2-7H,8H2,1H3,(H,17,19). The number of nitrogens with zero attached hydrogens (tertiary/aromatic N) is 1.